The van der Waals surface area contributed by atoms with E-state index < -0.39 is 6.17 Å². The van der Waals surface area contributed by atoms with Crippen LogP contribution in [0, 0.1) is 0 Å². The average molecular weight is 340 g/mol. The summed E-state index contributed by atoms with van der Waals surface area (Å²) in [5.41, 5.74) is 0.969. The van der Waals surface area contributed by atoms with Gasteiger partial charge in [0.25, 0.3) is 0 Å². The lowest BCUT2D eigenvalue weighted by atomic mass is 10.1. The summed E-state index contributed by atoms with van der Waals surface area (Å²) < 4.78 is 13.9. The maximum Gasteiger partial charge on any atom is 0.235 e. The molecular weight excluding hydrogens is 315 g/mol. The van der Waals surface area contributed by atoms with Crippen molar-refractivity contribution in [3.8, 4) is 0 Å². The first-order valence-corrected chi connectivity index (χ1v) is 9.23. The molecule has 7 heteroatoms. The third-order valence-electron chi connectivity index (χ3n) is 4.27. The molecule has 1 amide bonds. The normalized spacial score (nSPS) is 23.0. The number of hydrogen-bond acceptors (Lipinski definition) is 5. The van der Waals surface area contributed by atoms with Crippen molar-refractivity contribution in [1.29, 1.82) is 0 Å². The quantitative estimate of drug-likeness (QED) is 0.760. The zero-order chi connectivity index (χ0) is 16.8. The third-order valence-corrected chi connectivity index (χ3v) is 5.37. The van der Waals surface area contributed by atoms with E-state index in [1.54, 1.807) is 29.1 Å². The van der Waals surface area contributed by atoms with E-state index in [-0.39, 0.29) is 17.2 Å². The van der Waals surface area contributed by atoms with Gasteiger partial charge in [-0.3, -0.25) is 9.69 Å². The number of halogens is 1. The van der Waals surface area contributed by atoms with Crippen LogP contribution in [-0.2, 0) is 11.3 Å². The molecule has 3 atom stereocenters. The number of thioether (sulfide) groups is 1. The Labute approximate surface area is 141 Å². The van der Waals surface area contributed by atoms with Gasteiger partial charge in [-0.2, -0.15) is 11.8 Å². The van der Waals surface area contributed by atoms with Crippen LogP contribution in [0.15, 0.2) is 18.7 Å². The third kappa shape index (κ3) is 4.88. The molecule has 23 heavy (non-hydrogen) atoms. The summed E-state index contributed by atoms with van der Waals surface area (Å²) in [5, 5.41) is -0.0152. The largest absolute Gasteiger partial charge is 0.343 e. The van der Waals surface area contributed by atoms with Crippen LogP contribution in [-0.4, -0.2) is 69.5 Å². The highest BCUT2D eigenvalue weighted by atomic mass is 32.2. The molecule has 1 aliphatic rings. The fourth-order valence-corrected chi connectivity index (χ4v) is 3.76. The maximum atomic E-state index is 13.9. The lowest BCUT2D eigenvalue weighted by Crippen LogP contribution is -2.43. The van der Waals surface area contributed by atoms with E-state index in [0.29, 0.717) is 26.1 Å². The Hall–Kier alpha value is -1.21. The number of likely N-dealkylation sites (tertiary alicyclic amines) is 1. The van der Waals surface area contributed by atoms with Gasteiger partial charge in [0.05, 0.1) is 5.25 Å². The average Bonchev–Trinajstić information content (AvgIpc) is 2.88. The summed E-state index contributed by atoms with van der Waals surface area (Å²) in [6.45, 7) is 3.60. The Kier molecular flexibility index (Phi) is 6.77. The van der Waals surface area contributed by atoms with Crippen LogP contribution in [0.5, 0.6) is 0 Å². The minimum absolute atomic E-state index is 0.0152. The van der Waals surface area contributed by atoms with E-state index in [4.69, 9.17) is 0 Å². The van der Waals surface area contributed by atoms with Gasteiger partial charge in [0.1, 0.15) is 12.5 Å². The van der Waals surface area contributed by atoms with Gasteiger partial charge in [0, 0.05) is 50.7 Å². The monoisotopic (exact) mass is 340 g/mol. The van der Waals surface area contributed by atoms with Crippen molar-refractivity contribution in [1.82, 2.24) is 19.8 Å². The summed E-state index contributed by atoms with van der Waals surface area (Å²) in [4.78, 5) is 24.3. The Bertz CT molecular complexity index is 500. The zero-order valence-corrected chi connectivity index (χ0v) is 14.8. The number of amides is 1. The van der Waals surface area contributed by atoms with E-state index in [1.807, 2.05) is 20.2 Å². The molecule has 1 saturated heterocycles. The highest BCUT2D eigenvalue weighted by Gasteiger charge is 2.34. The van der Waals surface area contributed by atoms with Crippen LogP contribution in [0.1, 0.15) is 25.3 Å². The summed E-state index contributed by atoms with van der Waals surface area (Å²) >= 11 is 1.57. The van der Waals surface area contributed by atoms with Gasteiger partial charge in [0.2, 0.25) is 5.91 Å². The number of alkyl halides is 1. The summed E-state index contributed by atoms with van der Waals surface area (Å²) in [5.74, 6) is 0.130. The minimum Gasteiger partial charge on any atom is -0.343 e. The molecule has 0 N–H and O–H groups in total. The van der Waals surface area contributed by atoms with Crippen molar-refractivity contribution < 1.29 is 9.18 Å². The van der Waals surface area contributed by atoms with Gasteiger partial charge in [-0.05, 0) is 19.1 Å². The predicted molar refractivity (Wildman–Crippen MR) is 91.0 cm³/mol. The molecule has 2 rings (SSSR count). The molecule has 1 aliphatic heterocycles. The van der Waals surface area contributed by atoms with Crippen molar-refractivity contribution in [2.24, 2.45) is 0 Å². The van der Waals surface area contributed by atoms with Gasteiger partial charge in [-0.15, -0.1) is 0 Å². The maximum absolute atomic E-state index is 13.9. The fourth-order valence-electron chi connectivity index (χ4n) is 3.05. The van der Waals surface area contributed by atoms with Gasteiger partial charge < -0.3 is 4.90 Å². The smallest absolute Gasteiger partial charge is 0.235 e. The van der Waals surface area contributed by atoms with Gasteiger partial charge in [-0.1, -0.05) is 6.92 Å². The summed E-state index contributed by atoms with van der Waals surface area (Å²) in [6.07, 6.45) is 7.40. The molecule has 0 bridgehead atoms. The van der Waals surface area contributed by atoms with E-state index >= 15 is 0 Å². The van der Waals surface area contributed by atoms with Crippen molar-refractivity contribution >= 4 is 17.7 Å². The van der Waals surface area contributed by atoms with Crippen molar-refractivity contribution in [3.63, 3.8) is 0 Å². The lowest BCUT2D eigenvalue weighted by Gasteiger charge is -2.29. The molecule has 1 unspecified atom stereocenters. The zero-order valence-electron chi connectivity index (χ0n) is 14.0. The second kappa shape index (κ2) is 8.59. The number of aromatic nitrogens is 2. The second-order valence-corrected chi connectivity index (χ2v) is 7.05. The Morgan fingerprint density at radius 1 is 1.52 bits per heavy atom. The van der Waals surface area contributed by atoms with E-state index in [2.05, 4.69) is 14.9 Å². The SMILES string of the molecule is CCC(SC)C(=O)N(C)C[C@@H]1C[C@H](F)CN1Cc1cncnc1. The molecule has 0 spiro atoms. The molecule has 2 heterocycles. The standard InChI is InChI=1S/C16H25FN4OS/c1-4-15(23-3)16(22)20(2)10-14-5-13(17)9-21(14)8-12-6-18-11-19-7-12/h6-7,11,13-15H,4-5,8-10H2,1-3H3/t13-,14-,15?/m0/s1. The molecule has 1 aromatic rings. The van der Waals surface area contributed by atoms with Crippen molar-refractivity contribution in [2.75, 3.05) is 26.4 Å². The van der Waals surface area contributed by atoms with Crippen molar-refractivity contribution in [3.05, 3.63) is 24.3 Å². The topological polar surface area (TPSA) is 49.3 Å². The van der Waals surface area contributed by atoms with Crippen LogP contribution in [0.2, 0.25) is 0 Å². The molecule has 0 radical (unpaired) electrons. The van der Waals surface area contributed by atoms with Crippen LogP contribution in [0.4, 0.5) is 4.39 Å². The number of carbonyl (C=O) groups is 1. The highest BCUT2D eigenvalue weighted by molar-refractivity contribution is 7.99. The molecule has 1 fully saturated rings. The first-order valence-electron chi connectivity index (χ1n) is 7.94. The number of nitrogens with zero attached hydrogens (tertiary/aromatic N) is 4. The molecule has 0 aromatic carbocycles. The van der Waals surface area contributed by atoms with Gasteiger partial charge >= 0.3 is 0 Å². The van der Waals surface area contributed by atoms with Crippen LogP contribution in [0.3, 0.4) is 0 Å². The van der Waals surface area contributed by atoms with Crippen LogP contribution in [0.25, 0.3) is 0 Å². The molecular formula is C16H25FN4OS. The number of carbonyl (C=O) groups excluding carboxylic acids is 1. The number of likely N-dealkylation sites (N-methyl/N-ethyl adjacent to an activating group) is 1. The number of hydrogen-bond donors (Lipinski definition) is 0. The summed E-state index contributed by atoms with van der Waals surface area (Å²) in [7, 11) is 1.82. The highest BCUT2D eigenvalue weighted by Crippen LogP contribution is 2.24. The van der Waals surface area contributed by atoms with Gasteiger partial charge in [0.15, 0.2) is 0 Å². The number of rotatable bonds is 7. The molecule has 0 saturated carbocycles. The Balaban J connectivity index is 1.97. The van der Waals surface area contributed by atoms with E-state index in [9.17, 15) is 9.18 Å². The van der Waals surface area contributed by atoms with Crippen LogP contribution >= 0.6 is 11.8 Å². The molecule has 0 aliphatic carbocycles. The predicted octanol–water partition coefficient (Wildman–Crippen LogP) is 1.99. The first-order chi connectivity index (χ1) is 11.0. The first kappa shape index (κ1) is 18.1. The fraction of sp³-hybridized carbons (Fsp3) is 0.688. The van der Waals surface area contributed by atoms with Crippen LogP contribution < -0.4 is 0 Å². The molecule has 1 aromatic heterocycles. The lowest BCUT2D eigenvalue weighted by molar-refractivity contribution is -0.130. The molecule has 5 nitrogen and oxygen atoms in total. The molecule has 128 valence electrons. The van der Waals surface area contributed by atoms with Crippen molar-refractivity contribution in [2.45, 2.75) is 43.8 Å². The summed E-state index contributed by atoms with van der Waals surface area (Å²) in [6, 6.07) is 0.0403. The Morgan fingerprint density at radius 3 is 2.83 bits per heavy atom. The van der Waals surface area contributed by atoms with Gasteiger partial charge in [-0.25, -0.2) is 14.4 Å². The second-order valence-electron chi connectivity index (χ2n) is 6.01. The van der Waals surface area contributed by atoms with E-state index in [0.717, 1.165) is 12.0 Å². The minimum atomic E-state index is -0.837. The van der Waals surface area contributed by atoms with E-state index in [1.165, 1.54) is 6.33 Å². The Morgan fingerprint density at radius 2 is 2.22 bits per heavy atom.